The summed E-state index contributed by atoms with van der Waals surface area (Å²) in [6.45, 7) is -2.21. The molecule has 20 heavy (non-hydrogen) atoms. The number of aliphatic hydroxyl groups excluding tert-OH is 2. The van der Waals surface area contributed by atoms with Gasteiger partial charge >= 0.3 is 5.69 Å². The number of halogens is 2. The van der Waals surface area contributed by atoms with Gasteiger partial charge in [-0.15, -0.1) is 0 Å². The fourth-order valence-corrected chi connectivity index (χ4v) is 1.62. The highest BCUT2D eigenvalue weighted by molar-refractivity contribution is 5.23. The van der Waals surface area contributed by atoms with Gasteiger partial charge in [0.1, 0.15) is 31.5 Å². The first-order chi connectivity index (χ1) is 9.40. The van der Waals surface area contributed by atoms with Crippen molar-refractivity contribution in [3.8, 4) is 0 Å². The van der Waals surface area contributed by atoms with Crippen LogP contribution in [-0.4, -0.2) is 51.4 Å². The second-order valence-corrected chi connectivity index (χ2v) is 4.29. The van der Waals surface area contributed by atoms with Gasteiger partial charge in [-0.1, -0.05) is 0 Å². The summed E-state index contributed by atoms with van der Waals surface area (Å²) in [6.07, 6.45) is -1.69. The van der Waals surface area contributed by atoms with Crippen molar-refractivity contribution in [1.29, 1.82) is 0 Å². The number of aromatic nitrogens is 2. The molecule has 0 unspecified atom stereocenters. The number of hydrogen-bond acceptors (Lipinski definition) is 6. The summed E-state index contributed by atoms with van der Waals surface area (Å²) < 4.78 is 31.7. The molecule has 0 aliphatic heterocycles. The molecule has 0 amide bonds. The molecule has 0 spiro atoms. The fraction of sp³-hybridized carbons (Fsp3) is 0.636. The molecule has 1 rings (SSSR count). The van der Waals surface area contributed by atoms with Crippen LogP contribution in [0.3, 0.4) is 0 Å². The summed E-state index contributed by atoms with van der Waals surface area (Å²) in [5.41, 5.74) is 2.43. The fourth-order valence-electron chi connectivity index (χ4n) is 1.62. The number of rotatable bonds is 7. The lowest BCUT2D eigenvalue weighted by molar-refractivity contribution is -0.202. The van der Waals surface area contributed by atoms with E-state index < -0.39 is 43.6 Å². The van der Waals surface area contributed by atoms with Crippen molar-refractivity contribution in [2.24, 2.45) is 0 Å². The van der Waals surface area contributed by atoms with Crippen LogP contribution in [-0.2, 0) is 4.74 Å². The molecular formula is C11H17F2N3O4. The lowest BCUT2D eigenvalue weighted by Gasteiger charge is -2.35. The maximum atomic E-state index is 13.1. The van der Waals surface area contributed by atoms with Crippen molar-refractivity contribution in [2.75, 3.05) is 25.7 Å². The van der Waals surface area contributed by atoms with E-state index in [0.717, 1.165) is 4.57 Å². The van der Waals surface area contributed by atoms with E-state index in [9.17, 15) is 23.8 Å². The molecule has 0 radical (unpaired) electrons. The zero-order chi connectivity index (χ0) is 15.3. The zero-order valence-corrected chi connectivity index (χ0v) is 10.9. The number of aliphatic hydroxyl groups is 2. The summed E-state index contributed by atoms with van der Waals surface area (Å²) >= 11 is 0. The summed E-state index contributed by atoms with van der Waals surface area (Å²) in [5.74, 6) is 0.00107. The molecule has 1 aromatic rings. The Kier molecular flexibility index (Phi) is 5.54. The number of anilines is 1. The first kappa shape index (κ1) is 16.5. The molecule has 114 valence electrons. The summed E-state index contributed by atoms with van der Waals surface area (Å²) in [4.78, 5) is 15.0. The van der Waals surface area contributed by atoms with Gasteiger partial charge in [0, 0.05) is 6.20 Å². The van der Waals surface area contributed by atoms with Gasteiger partial charge in [-0.2, -0.15) is 4.98 Å². The van der Waals surface area contributed by atoms with Crippen LogP contribution >= 0.6 is 0 Å². The normalized spacial score (nSPS) is 17.4. The smallest absolute Gasteiger partial charge is 0.351 e. The molecule has 0 saturated carbocycles. The molecule has 0 aliphatic carbocycles. The lowest BCUT2D eigenvalue weighted by Crippen LogP contribution is -2.53. The Hall–Kier alpha value is -1.58. The number of ether oxygens (including phenoxy) is 1. The average Bonchev–Trinajstić information content (AvgIpc) is 2.43. The predicted octanol–water partition coefficient (Wildman–Crippen LogP) is -0.608. The molecule has 1 aromatic heterocycles. The van der Waals surface area contributed by atoms with Crippen LogP contribution in [0.25, 0.3) is 0 Å². The summed E-state index contributed by atoms with van der Waals surface area (Å²) in [6, 6.07) is 1.32. The predicted molar refractivity (Wildman–Crippen MR) is 66.5 cm³/mol. The Bertz CT molecular complexity index is 493. The second-order valence-electron chi connectivity index (χ2n) is 4.29. The van der Waals surface area contributed by atoms with Crippen molar-refractivity contribution in [3.05, 3.63) is 22.7 Å². The molecule has 7 nitrogen and oxygen atoms in total. The number of nitrogens with two attached hydrogens (primary N) is 1. The highest BCUT2D eigenvalue weighted by Crippen LogP contribution is 2.23. The van der Waals surface area contributed by atoms with Gasteiger partial charge in [-0.25, -0.2) is 13.6 Å². The van der Waals surface area contributed by atoms with Gasteiger partial charge in [0.2, 0.25) is 0 Å². The summed E-state index contributed by atoms with van der Waals surface area (Å²) in [5, 5.41) is 18.6. The Labute approximate surface area is 113 Å². The average molecular weight is 293 g/mol. The van der Waals surface area contributed by atoms with Gasteiger partial charge in [0.05, 0.1) is 6.61 Å². The topological polar surface area (TPSA) is 111 Å². The minimum absolute atomic E-state index is 0.00107. The highest BCUT2D eigenvalue weighted by atomic mass is 19.1. The zero-order valence-electron chi connectivity index (χ0n) is 10.9. The molecule has 0 bridgehead atoms. The Morgan fingerprint density at radius 2 is 2.25 bits per heavy atom. The summed E-state index contributed by atoms with van der Waals surface area (Å²) in [7, 11) is 0. The van der Waals surface area contributed by atoms with Gasteiger partial charge < -0.3 is 20.7 Å². The van der Waals surface area contributed by atoms with Crippen molar-refractivity contribution in [3.63, 3.8) is 0 Å². The Morgan fingerprint density at radius 3 is 2.70 bits per heavy atom. The molecule has 3 atom stereocenters. The minimum Gasteiger partial charge on any atom is -0.393 e. The standard InChI is InChI=1S/C11H17F2N3O4/c1-7(16-3-2-9(14)15-10(16)19)20-11(5-13,6-17)8(18)4-12/h2-3,7-8,17-18H,4-6H2,1H3,(H2,14,15,19)/t7-,8+,11-/m1/s1. The van der Waals surface area contributed by atoms with Crippen molar-refractivity contribution >= 4 is 5.82 Å². The second kappa shape index (κ2) is 6.73. The van der Waals surface area contributed by atoms with Crippen LogP contribution in [0.15, 0.2) is 17.1 Å². The maximum Gasteiger partial charge on any atom is 0.351 e. The van der Waals surface area contributed by atoms with Crippen molar-refractivity contribution in [2.45, 2.75) is 24.9 Å². The van der Waals surface area contributed by atoms with E-state index in [-0.39, 0.29) is 5.82 Å². The third kappa shape index (κ3) is 3.30. The van der Waals surface area contributed by atoms with Gasteiger partial charge in [-0.3, -0.25) is 4.57 Å². The number of nitrogen functional groups attached to an aromatic ring is 1. The third-order valence-electron chi connectivity index (χ3n) is 2.90. The quantitative estimate of drug-likeness (QED) is 0.618. The van der Waals surface area contributed by atoms with Gasteiger partial charge in [-0.05, 0) is 13.0 Å². The SMILES string of the molecule is C[C@@H](O[C@@](CO)(CF)[C@@H](O)CF)n1ccc(N)nc1=O. The van der Waals surface area contributed by atoms with Crippen LogP contribution in [0, 0.1) is 0 Å². The van der Waals surface area contributed by atoms with E-state index in [1.54, 1.807) is 0 Å². The Morgan fingerprint density at radius 1 is 1.60 bits per heavy atom. The minimum atomic E-state index is -2.14. The van der Waals surface area contributed by atoms with E-state index in [1.807, 2.05) is 0 Å². The maximum absolute atomic E-state index is 13.1. The largest absolute Gasteiger partial charge is 0.393 e. The van der Waals surface area contributed by atoms with Crippen LogP contribution in [0.4, 0.5) is 14.6 Å². The van der Waals surface area contributed by atoms with E-state index in [1.165, 1.54) is 19.2 Å². The third-order valence-corrected chi connectivity index (χ3v) is 2.90. The highest BCUT2D eigenvalue weighted by Gasteiger charge is 2.41. The number of alkyl halides is 2. The van der Waals surface area contributed by atoms with E-state index >= 15 is 0 Å². The van der Waals surface area contributed by atoms with Crippen LogP contribution in [0.2, 0.25) is 0 Å². The molecule has 1 heterocycles. The molecule has 4 N–H and O–H groups in total. The van der Waals surface area contributed by atoms with E-state index in [2.05, 4.69) is 4.98 Å². The molecule has 0 saturated heterocycles. The number of nitrogens with zero attached hydrogens (tertiary/aromatic N) is 2. The molecule has 0 aromatic carbocycles. The number of hydrogen-bond donors (Lipinski definition) is 3. The monoisotopic (exact) mass is 293 g/mol. The van der Waals surface area contributed by atoms with Crippen molar-refractivity contribution in [1.82, 2.24) is 9.55 Å². The van der Waals surface area contributed by atoms with E-state index in [4.69, 9.17) is 10.5 Å². The molecule has 0 fully saturated rings. The Balaban J connectivity index is 3.02. The van der Waals surface area contributed by atoms with Crippen molar-refractivity contribution < 1.29 is 23.7 Å². The van der Waals surface area contributed by atoms with Gasteiger partial charge in [0.15, 0.2) is 5.60 Å². The van der Waals surface area contributed by atoms with Crippen LogP contribution < -0.4 is 11.4 Å². The molecule has 0 aliphatic rings. The first-order valence-electron chi connectivity index (χ1n) is 5.83. The van der Waals surface area contributed by atoms with Gasteiger partial charge in [0.25, 0.3) is 0 Å². The molecule has 9 heteroatoms. The molecular weight excluding hydrogens is 276 g/mol. The first-order valence-corrected chi connectivity index (χ1v) is 5.83. The van der Waals surface area contributed by atoms with Crippen LogP contribution in [0.1, 0.15) is 13.2 Å². The van der Waals surface area contributed by atoms with Crippen LogP contribution in [0.5, 0.6) is 0 Å². The van der Waals surface area contributed by atoms with E-state index in [0.29, 0.717) is 0 Å². The lowest BCUT2D eigenvalue weighted by atomic mass is 10.00.